The van der Waals surface area contributed by atoms with E-state index in [0.717, 1.165) is 23.5 Å². The van der Waals surface area contributed by atoms with Crippen LogP contribution in [-0.4, -0.2) is 14.9 Å². The van der Waals surface area contributed by atoms with Gasteiger partial charge in [-0.2, -0.15) is 5.10 Å². The van der Waals surface area contributed by atoms with Crippen LogP contribution < -0.4 is 0 Å². The fraction of sp³-hybridized carbons (Fsp3) is 0.400. The van der Waals surface area contributed by atoms with Crippen molar-refractivity contribution in [2.45, 2.75) is 39.7 Å². The zero-order chi connectivity index (χ0) is 13.1. The summed E-state index contributed by atoms with van der Waals surface area (Å²) in [5.74, 6) is 0.378. The molecule has 0 amide bonds. The summed E-state index contributed by atoms with van der Waals surface area (Å²) in [4.78, 5) is 0. The third-order valence-electron chi connectivity index (χ3n) is 3.14. The van der Waals surface area contributed by atoms with E-state index >= 15 is 0 Å². The molecule has 0 radical (unpaired) electrons. The van der Waals surface area contributed by atoms with E-state index in [2.05, 4.69) is 38.0 Å². The van der Waals surface area contributed by atoms with Crippen LogP contribution in [-0.2, 0) is 13.0 Å². The molecule has 0 fully saturated rings. The van der Waals surface area contributed by atoms with Gasteiger partial charge in [0.25, 0.3) is 0 Å². The first kappa shape index (κ1) is 12.8. The van der Waals surface area contributed by atoms with Gasteiger partial charge in [-0.25, -0.2) is 4.68 Å². The summed E-state index contributed by atoms with van der Waals surface area (Å²) >= 11 is 0. The number of aliphatic hydroxyl groups is 1. The lowest BCUT2D eigenvalue weighted by Gasteiger charge is -2.13. The number of hydrogen-bond donors (Lipinski definition) is 1. The number of aryl methyl sites for hydroxylation is 1. The van der Waals surface area contributed by atoms with Crippen LogP contribution in [0.2, 0.25) is 0 Å². The van der Waals surface area contributed by atoms with Crippen LogP contribution in [0.25, 0.3) is 5.69 Å². The average Bonchev–Trinajstić information content (AvgIpc) is 2.83. The summed E-state index contributed by atoms with van der Waals surface area (Å²) in [6.45, 7) is 6.41. The Bertz CT molecular complexity index is 529. The van der Waals surface area contributed by atoms with E-state index < -0.39 is 0 Å². The van der Waals surface area contributed by atoms with Crippen LogP contribution in [0.5, 0.6) is 0 Å². The van der Waals surface area contributed by atoms with Crippen molar-refractivity contribution in [2.75, 3.05) is 0 Å². The van der Waals surface area contributed by atoms with Gasteiger partial charge < -0.3 is 5.11 Å². The molecule has 2 rings (SSSR count). The Morgan fingerprint density at radius 2 is 2.00 bits per heavy atom. The second-order valence-corrected chi connectivity index (χ2v) is 4.77. The largest absolute Gasteiger partial charge is 0.390 e. The molecule has 0 aliphatic carbocycles. The molecule has 3 nitrogen and oxygen atoms in total. The van der Waals surface area contributed by atoms with Crippen molar-refractivity contribution in [3.63, 3.8) is 0 Å². The summed E-state index contributed by atoms with van der Waals surface area (Å²) in [5.41, 5.74) is 4.25. The minimum atomic E-state index is -0.0129. The van der Waals surface area contributed by atoms with Crippen LogP contribution in [0, 0.1) is 0 Å². The summed E-state index contributed by atoms with van der Waals surface area (Å²) < 4.78 is 1.97. The predicted molar refractivity (Wildman–Crippen MR) is 73.0 cm³/mol. The standard InChI is InChI=1S/C15H20N2O/c1-4-12-7-5-6-8-14(12)17-15(11(2)3)9-13(10-18)16-17/h5-9,11,18H,4,10H2,1-3H3. The topological polar surface area (TPSA) is 38.0 Å². The molecule has 0 spiro atoms. The van der Waals surface area contributed by atoms with Crippen LogP contribution in [0.4, 0.5) is 0 Å². The Morgan fingerprint density at radius 3 is 2.61 bits per heavy atom. The number of aromatic nitrogens is 2. The minimum absolute atomic E-state index is 0.0129. The third kappa shape index (κ3) is 2.31. The quantitative estimate of drug-likeness (QED) is 0.897. The SMILES string of the molecule is CCc1ccccc1-n1nc(CO)cc1C(C)C. The van der Waals surface area contributed by atoms with Crippen molar-refractivity contribution < 1.29 is 5.11 Å². The highest BCUT2D eigenvalue weighted by Crippen LogP contribution is 2.23. The first-order chi connectivity index (χ1) is 8.67. The molecule has 0 saturated heterocycles. The van der Waals surface area contributed by atoms with E-state index in [9.17, 15) is 5.11 Å². The maximum Gasteiger partial charge on any atom is 0.0886 e. The third-order valence-corrected chi connectivity index (χ3v) is 3.14. The molecule has 18 heavy (non-hydrogen) atoms. The van der Waals surface area contributed by atoms with E-state index in [0.29, 0.717) is 5.92 Å². The van der Waals surface area contributed by atoms with Gasteiger partial charge in [0.1, 0.15) is 0 Å². The smallest absolute Gasteiger partial charge is 0.0886 e. The van der Waals surface area contributed by atoms with E-state index in [1.807, 2.05) is 22.9 Å². The Morgan fingerprint density at radius 1 is 1.28 bits per heavy atom. The molecule has 0 atom stereocenters. The fourth-order valence-electron chi connectivity index (χ4n) is 2.14. The number of nitrogens with zero attached hydrogens (tertiary/aromatic N) is 2. The number of rotatable bonds is 4. The molecule has 1 heterocycles. The summed E-state index contributed by atoms with van der Waals surface area (Å²) in [6, 6.07) is 10.3. The molecule has 0 unspecified atom stereocenters. The monoisotopic (exact) mass is 244 g/mol. The Hall–Kier alpha value is -1.61. The normalized spacial score (nSPS) is 11.2. The highest BCUT2D eigenvalue weighted by molar-refractivity contribution is 5.42. The molecule has 1 N–H and O–H groups in total. The summed E-state index contributed by atoms with van der Waals surface area (Å²) in [6.07, 6.45) is 0.974. The zero-order valence-electron chi connectivity index (χ0n) is 11.2. The summed E-state index contributed by atoms with van der Waals surface area (Å²) in [7, 11) is 0. The van der Waals surface area contributed by atoms with E-state index in [4.69, 9.17) is 0 Å². The molecule has 0 saturated carbocycles. The van der Waals surface area contributed by atoms with Crippen LogP contribution >= 0.6 is 0 Å². The highest BCUT2D eigenvalue weighted by Gasteiger charge is 2.13. The molecule has 2 aromatic rings. The second-order valence-electron chi connectivity index (χ2n) is 4.77. The van der Waals surface area contributed by atoms with Crippen molar-refractivity contribution in [3.8, 4) is 5.69 Å². The lowest BCUT2D eigenvalue weighted by Crippen LogP contribution is -2.06. The predicted octanol–water partition coefficient (Wildman–Crippen LogP) is 3.05. The van der Waals surface area contributed by atoms with Gasteiger partial charge in [-0.05, 0) is 30.0 Å². The van der Waals surface area contributed by atoms with Gasteiger partial charge in [0.15, 0.2) is 0 Å². The molecule has 1 aromatic heterocycles. The molecule has 0 bridgehead atoms. The molecule has 96 valence electrons. The Kier molecular flexibility index (Phi) is 3.82. The number of para-hydroxylation sites is 1. The Balaban J connectivity index is 2.58. The highest BCUT2D eigenvalue weighted by atomic mass is 16.3. The first-order valence-corrected chi connectivity index (χ1v) is 6.45. The van der Waals surface area contributed by atoms with E-state index in [-0.39, 0.29) is 6.61 Å². The van der Waals surface area contributed by atoms with Gasteiger partial charge in [-0.15, -0.1) is 0 Å². The van der Waals surface area contributed by atoms with Crippen molar-refractivity contribution in [1.82, 2.24) is 9.78 Å². The van der Waals surface area contributed by atoms with Crippen molar-refractivity contribution in [1.29, 1.82) is 0 Å². The van der Waals surface area contributed by atoms with Crippen LogP contribution in [0.1, 0.15) is 43.6 Å². The molecule has 0 aliphatic heterocycles. The van der Waals surface area contributed by atoms with Crippen LogP contribution in [0.15, 0.2) is 30.3 Å². The number of aliphatic hydroxyl groups excluding tert-OH is 1. The second kappa shape index (κ2) is 5.36. The van der Waals surface area contributed by atoms with Crippen LogP contribution in [0.3, 0.4) is 0 Å². The molecule has 3 heteroatoms. The zero-order valence-corrected chi connectivity index (χ0v) is 11.2. The van der Waals surface area contributed by atoms with Gasteiger partial charge in [-0.3, -0.25) is 0 Å². The maximum absolute atomic E-state index is 9.25. The van der Waals surface area contributed by atoms with Gasteiger partial charge in [0, 0.05) is 5.69 Å². The van der Waals surface area contributed by atoms with E-state index in [1.54, 1.807) is 0 Å². The van der Waals surface area contributed by atoms with Gasteiger partial charge in [0.2, 0.25) is 0 Å². The first-order valence-electron chi connectivity index (χ1n) is 6.45. The minimum Gasteiger partial charge on any atom is -0.390 e. The average molecular weight is 244 g/mol. The lowest BCUT2D eigenvalue weighted by molar-refractivity contribution is 0.276. The Labute approximate surface area is 108 Å². The van der Waals surface area contributed by atoms with Crippen molar-refractivity contribution >= 4 is 0 Å². The molecule has 1 aromatic carbocycles. The number of hydrogen-bond acceptors (Lipinski definition) is 2. The van der Waals surface area contributed by atoms with E-state index in [1.165, 1.54) is 5.56 Å². The van der Waals surface area contributed by atoms with Crippen molar-refractivity contribution in [2.24, 2.45) is 0 Å². The summed E-state index contributed by atoms with van der Waals surface area (Å²) in [5, 5.41) is 13.8. The molecular formula is C15H20N2O. The fourth-order valence-corrected chi connectivity index (χ4v) is 2.14. The van der Waals surface area contributed by atoms with Gasteiger partial charge in [-0.1, -0.05) is 39.0 Å². The maximum atomic E-state index is 9.25. The van der Waals surface area contributed by atoms with Crippen molar-refractivity contribution in [3.05, 3.63) is 47.3 Å². The number of benzene rings is 1. The lowest BCUT2D eigenvalue weighted by atomic mass is 10.1. The molecular weight excluding hydrogens is 224 g/mol. The van der Waals surface area contributed by atoms with Gasteiger partial charge >= 0.3 is 0 Å². The van der Waals surface area contributed by atoms with Gasteiger partial charge in [0.05, 0.1) is 18.0 Å². The molecule has 0 aliphatic rings.